The van der Waals surface area contributed by atoms with E-state index in [2.05, 4.69) is 15.3 Å². The molecule has 1 aromatic carbocycles. The van der Waals surface area contributed by atoms with Gasteiger partial charge in [-0.3, -0.25) is 14.6 Å². The number of rotatable bonds is 2. The van der Waals surface area contributed by atoms with Gasteiger partial charge in [-0.1, -0.05) is 18.2 Å². The van der Waals surface area contributed by atoms with Gasteiger partial charge in [-0.2, -0.15) is 4.98 Å². The lowest BCUT2D eigenvalue weighted by Gasteiger charge is -2.25. The molecule has 0 spiro atoms. The van der Waals surface area contributed by atoms with Gasteiger partial charge in [-0.25, -0.2) is 0 Å². The van der Waals surface area contributed by atoms with Gasteiger partial charge in [0.25, 0.3) is 5.56 Å². The molecule has 1 amide bonds. The number of benzene rings is 1. The lowest BCUT2D eigenvalue weighted by atomic mass is 9.86. The third-order valence-electron chi connectivity index (χ3n) is 3.48. The first-order valence-corrected chi connectivity index (χ1v) is 6.42. The average molecular weight is 286 g/mol. The van der Waals surface area contributed by atoms with Gasteiger partial charge in [0, 0.05) is 17.9 Å². The summed E-state index contributed by atoms with van der Waals surface area (Å²) in [6, 6.07) is 7.29. The number of nitrogens with two attached hydrogens (primary N) is 1. The van der Waals surface area contributed by atoms with E-state index in [9.17, 15) is 9.59 Å². The number of nitrogens with one attached hydrogen (secondary N) is 2. The molecular weight excluding hydrogens is 272 g/mol. The highest BCUT2D eigenvalue weighted by molar-refractivity contribution is 5.94. The van der Waals surface area contributed by atoms with Gasteiger partial charge < -0.3 is 15.8 Å². The summed E-state index contributed by atoms with van der Waals surface area (Å²) in [4.78, 5) is 30.6. The molecule has 1 aromatic heterocycles. The lowest BCUT2D eigenvalue weighted by molar-refractivity contribution is -0.116. The molecule has 0 saturated carbocycles. The Labute approximate surface area is 120 Å². The Morgan fingerprint density at radius 3 is 2.86 bits per heavy atom. The van der Waals surface area contributed by atoms with E-state index < -0.39 is 5.92 Å². The minimum absolute atomic E-state index is 0.0280. The number of carbonyl (C=O) groups is 1. The third-order valence-corrected chi connectivity index (χ3v) is 3.48. The second-order valence-electron chi connectivity index (χ2n) is 4.76. The number of amides is 1. The number of anilines is 2. The standard InChI is InChI=1S/C14H14N4O3/c1-21-9-5-3-2-4-7(9)8-6-10(19)16-12-11(8)13(20)18-14(15)17-12/h2-5,8H,6H2,1H3,(H4,15,16,17,18,19,20)/t8-/m0/s1. The number of hydrogen-bond acceptors (Lipinski definition) is 5. The summed E-state index contributed by atoms with van der Waals surface area (Å²) in [6.45, 7) is 0. The van der Waals surface area contributed by atoms with Crippen molar-refractivity contribution in [2.75, 3.05) is 18.2 Å². The van der Waals surface area contributed by atoms with Gasteiger partial charge in [0.2, 0.25) is 11.9 Å². The smallest absolute Gasteiger partial charge is 0.258 e. The maximum Gasteiger partial charge on any atom is 0.258 e. The number of aromatic nitrogens is 2. The van der Waals surface area contributed by atoms with E-state index >= 15 is 0 Å². The van der Waals surface area contributed by atoms with Crippen LogP contribution in [0.25, 0.3) is 0 Å². The van der Waals surface area contributed by atoms with Crippen LogP contribution in [-0.2, 0) is 4.79 Å². The Hall–Kier alpha value is -2.83. The van der Waals surface area contributed by atoms with Crippen molar-refractivity contribution in [3.05, 3.63) is 45.7 Å². The van der Waals surface area contributed by atoms with E-state index in [1.165, 1.54) is 0 Å². The van der Waals surface area contributed by atoms with Crippen molar-refractivity contribution in [3.8, 4) is 5.75 Å². The maximum atomic E-state index is 12.2. The van der Waals surface area contributed by atoms with Crippen LogP contribution in [0.1, 0.15) is 23.5 Å². The van der Waals surface area contributed by atoms with Crippen LogP contribution in [0.4, 0.5) is 11.8 Å². The Balaban J connectivity index is 2.22. The molecule has 3 rings (SSSR count). The number of hydrogen-bond donors (Lipinski definition) is 3. The fraction of sp³-hybridized carbons (Fsp3) is 0.214. The van der Waals surface area contributed by atoms with Crippen molar-refractivity contribution in [2.45, 2.75) is 12.3 Å². The average Bonchev–Trinajstić information content (AvgIpc) is 2.45. The number of nitrogens with zero attached hydrogens (tertiary/aromatic N) is 1. The normalized spacial score (nSPS) is 17.0. The second kappa shape index (κ2) is 4.93. The Morgan fingerprint density at radius 2 is 2.10 bits per heavy atom. The van der Waals surface area contributed by atoms with Gasteiger partial charge in [0.15, 0.2) is 0 Å². The van der Waals surface area contributed by atoms with Crippen molar-refractivity contribution < 1.29 is 9.53 Å². The van der Waals surface area contributed by atoms with Crippen LogP contribution in [0.3, 0.4) is 0 Å². The highest BCUT2D eigenvalue weighted by atomic mass is 16.5. The van der Waals surface area contributed by atoms with Crippen LogP contribution in [0, 0.1) is 0 Å². The minimum Gasteiger partial charge on any atom is -0.496 e. The van der Waals surface area contributed by atoms with E-state index in [1.54, 1.807) is 13.2 Å². The molecule has 0 aliphatic carbocycles. The molecule has 1 atom stereocenters. The fourth-order valence-corrected chi connectivity index (χ4v) is 2.61. The summed E-state index contributed by atoms with van der Waals surface area (Å²) in [5, 5.41) is 2.59. The molecule has 108 valence electrons. The summed E-state index contributed by atoms with van der Waals surface area (Å²) < 4.78 is 5.32. The van der Waals surface area contributed by atoms with Gasteiger partial charge in [0.1, 0.15) is 11.6 Å². The molecule has 2 aromatic rings. The minimum atomic E-state index is -0.415. The number of aromatic amines is 1. The summed E-state index contributed by atoms with van der Waals surface area (Å²) in [5.74, 6) is 0.181. The van der Waals surface area contributed by atoms with E-state index in [1.807, 2.05) is 18.2 Å². The molecule has 0 radical (unpaired) electrons. The molecular formula is C14H14N4O3. The van der Waals surface area contributed by atoms with Crippen molar-refractivity contribution in [1.29, 1.82) is 0 Å². The molecule has 7 nitrogen and oxygen atoms in total. The van der Waals surface area contributed by atoms with Crippen LogP contribution in [0.5, 0.6) is 5.75 Å². The van der Waals surface area contributed by atoms with Crippen molar-refractivity contribution in [2.24, 2.45) is 0 Å². The zero-order valence-corrected chi connectivity index (χ0v) is 11.3. The highest BCUT2D eigenvalue weighted by Crippen LogP contribution is 2.37. The largest absolute Gasteiger partial charge is 0.496 e. The van der Waals surface area contributed by atoms with E-state index in [4.69, 9.17) is 10.5 Å². The van der Waals surface area contributed by atoms with Gasteiger partial charge in [0.05, 0.1) is 12.7 Å². The monoisotopic (exact) mass is 286 g/mol. The lowest BCUT2D eigenvalue weighted by Crippen LogP contribution is -2.31. The maximum absolute atomic E-state index is 12.2. The number of nitrogen functional groups attached to an aromatic ring is 1. The van der Waals surface area contributed by atoms with E-state index in [0.29, 0.717) is 11.3 Å². The van der Waals surface area contributed by atoms with Crippen molar-refractivity contribution >= 4 is 17.7 Å². The quantitative estimate of drug-likeness (QED) is 0.757. The highest BCUT2D eigenvalue weighted by Gasteiger charge is 2.32. The summed E-state index contributed by atoms with van der Waals surface area (Å²) in [6.07, 6.45) is 0.155. The molecule has 0 saturated heterocycles. The summed E-state index contributed by atoms with van der Waals surface area (Å²) in [7, 11) is 1.55. The van der Waals surface area contributed by atoms with E-state index in [-0.39, 0.29) is 29.7 Å². The van der Waals surface area contributed by atoms with Gasteiger partial charge in [-0.15, -0.1) is 0 Å². The Morgan fingerprint density at radius 1 is 1.33 bits per heavy atom. The molecule has 0 unspecified atom stereocenters. The first kappa shape index (κ1) is 13.2. The predicted molar refractivity (Wildman–Crippen MR) is 77.4 cm³/mol. The molecule has 7 heteroatoms. The number of methoxy groups -OCH3 is 1. The van der Waals surface area contributed by atoms with Gasteiger partial charge >= 0.3 is 0 Å². The fourth-order valence-electron chi connectivity index (χ4n) is 2.61. The molecule has 0 fully saturated rings. The van der Waals surface area contributed by atoms with Crippen LogP contribution in [-0.4, -0.2) is 23.0 Å². The number of para-hydroxylation sites is 1. The van der Waals surface area contributed by atoms with E-state index in [0.717, 1.165) is 5.56 Å². The SMILES string of the molecule is COc1ccccc1[C@@H]1CC(=O)Nc2nc(N)[nH]c(=O)c21. The van der Waals surface area contributed by atoms with Crippen LogP contribution < -0.4 is 21.3 Å². The molecule has 0 bridgehead atoms. The molecule has 21 heavy (non-hydrogen) atoms. The molecule has 4 N–H and O–H groups in total. The van der Waals surface area contributed by atoms with Crippen molar-refractivity contribution in [3.63, 3.8) is 0 Å². The summed E-state index contributed by atoms with van der Waals surface area (Å²) in [5.41, 5.74) is 6.34. The first-order chi connectivity index (χ1) is 10.1. The zero-order chi connectivity index (χ0) is 15.0. The van der Waals surface area contributed by atoms with Crippen LogP contribution >= 0.6 is 0 Å². The second-order valence-corrected chi connectivity index (χ2v) is 4.76. The zero-order valence-electron chi connectivity index (χ0n) is 11.3. The Kier molecular flexibility index (Phi) is 3.09. The first-order valence-electron chi connectivity index (χ1n) is 6.42. The molecule has 1 aliphatic rings. The summed E-state index contributed by atoms with van der Waals surface area (Å²) >= 11 is 0. The van der Waals surface area contributed by atoms with Gasteiger partial charge in [-0.05, 0) is 6.07 Å². The van der Waals surface area contributed by atoms with Crippen LogP contribution in [0.2, 0.25) is 0 Å². The van der Waals surface area contributed by atoms with Crippen molar-refractivity contribution in [1.82, 2.24) is 9.97 Å². The number of ether oxygens (including phenoxy) is 1. The Bertz CT molecular complexity index is 769. The van der Waals surface area contributed by atoms with Crippen LogP contribution in [0.15, 0.2) is 29.1 Å². The number of fused-ring (bicyclic) bond motifs is 1. The topological polar surface area (TPSA) is 110 Å². The predicted octanol–water partition coefficient (Wildman–Crippen LogP) is 0.835. The number of H-pyrrole nitrogens is 1. The number of carbonyl (C=O) groups excluding carboxylic acids is 1. The third kappa shape index (κ3) is 2.22. The molecule has 2 heterocycles. The molecule has 1 aliphatic heterocycles.